The Hall–Kier alpha value is -2.62. The zero-order valence-corrected chi connectivity index (χ0v) is 10.4. The van der Waals surface area contributed by atoms with E-state index in [0.717, 1.165) is 22.3 Å². The smallest absolute Gasteiger partial charge is 0.128 e. The number of pyridine rings is 2. The van der Waals surface area contributed by atoms with Gasteiger partial charge in [-0.2, -0.15) is 0 Å². The van der Waals surface area contributed by atoms with Crippen LogP contribution in [0.5, 0.6) is 0 Å². The maximum absolute atomic E-state index is 5.73. The molecule has 4 heteroatoms. The van der Waals surface area contributed by atoms with E-state index >= 15 is 0 Å². The first-order chi connectivity index (χ1) is 9.33. The van der Waals surface area contributed by atoms with Gasteiger partial charge in [-0.05, 0) is 17.7 Å². The quantitative estimate of drug-likeness (QED) is 0.750. The number of nitrogen functional groups attached to an aromatic ring is 1. The normalized spacial score (nSPS) is 10.5. The number of hydrogen-bond acceptors (Lipinski definition) is 4. The second-order valence-corrected chi connectivity index (χ2v) is 4.32. The second-order valence-electron chi connectivity index (χ2n) is 4.32. The lowest BCUT2D eigenvalue weighted by molar-refractivity contribution is 1.12. The summed E-state index contributed by atoms with van der Waals surface area (Å²) in [6.45, 7) is 0.671. The monoisotopic (exact) mass is 250 g/mol. The van der Waals surface area contributed by atoms with Crippen molar-refractivity contribution in [3.63, 3.8) is 0 Å². The Bertz CT molecular complexity index is 704. The highest BCUT2D eigenvalue weighted by Gasteiger charge is 2.02. The molecule has 0 fully saturated rings. The van der Waals surface area contributed by atoms with Crippen LogP contribution >= 0.6 is 0 Å². The first kappa shape index (κ1) is 11.5. The van der Waals surface area contributed by atoms with E-state index < -0.39 is 0 Å². The predicted octanol–water partition coefficient (Wildman–Crippen LogP) is 2.82. The molecule has 0 aliphatic carbocycles. The fourth-order valence-electron chi connectivity index (χ4n) is 2.04. The van der Waals surface area contributed by atoms with Crippen LogP contribution in [0.15, 0.2) is 54.9 Å². The van der Waals surface area contributed by atoms with Gasteiger partial charge in [0.1, 0.15) is 5.82 Å². The van der Waals surface area contributed by atoms with Crippen molar-refractivity contribution in [2.24, 2.45) is 0 Å². The van der Waals surface area contributed by atoms with Crippen LogP contribution in [0.1, 0.15) is 5.56 Å². The van der Waals surface area contributed by atoms with Crippen LogP contribution in [0, 0.1) is 0 Å². The molecule has 0 bridgehead atoms. The van der Waals surface area contributed by atoms with E-state index in [9.17, 15) is 0 Å². The Kier molecular flexibility index (Phi) is 2.98. The van der Waals surface area contributed by atoms with Gasteiger partial charge in [0.05, 0.1) is 5.52 Å². The maximum atomic E-state index is 5.73. The van der Waals surface area contributed by atoms with Crippen molar-refractivity contribution >= 4 is 22.4 Å². The van der Waals surface area contributed by atoms with Crippen LogP contribution in [-0.2, 0) is 6.54 Å². The molecule has 0 saturated carbocycles. The van der Waals surface area contributed by atoms with Gasteiger partial charge in [0.15, 0.2) is 0 Å². The minimum Gasteiger partial charge on any atom is -0.399 e. The number of rotatable bonds is 3. The maximum Gasteiger partial charge on any atom is 0.128 e. The number of nitrogens with two attached hydrogens (primary N) is 1. The Morgan fingerprint density at radius 2 is 1.89 bits per heavy atom. The number of hydrogen-bond donors (Lipinski definition) is 2. The molecule has 2 heterocycles. The number of nitrogens with one attached hydrogen (secondary N) is 1. The van der Waals surface area contributed by atoms with E-state index in [4.69, 9.17) is 5.73 Å². The topological polar surface area (TPSA) is 63.8 Å². The van der Waals surface area contributed by atoms with Crippen molar-refractivity contribution in [1.29, 1.82) is 0 Å². The summed E-state index contributed by atoms with van der Waals surface area (Å²) in [5, 5.41) is 4.40. The molecule has 0 aliphatic rings. The van der Waals surface area contributed by atoms with Crippen molar-refractivity contribution < 1.29 is 0 Å². The Balaban J connectivity index is 1.86. The van der Waals surface area contributed by atoms with E-state index in [0.29, 0.717) is 12.2 Å². The predicted molar refractivity (Wildman–Crippen MR) is 77.7 cm³/mol. The Labute approximate surface area is 111 Å². The van der Waals surface area contributed by atoms with Crippen LogP contribution < -0.4 is 11.1 Å². The summed E-state index contributed by atoms with van der Waals surface area (Å²) in [4.78, 5) is 8.65. The second kappa shape index (κ2) is 4.94. The minimum absolute atomic E-state index is 0.671. The average Bonchev–Trinajstić information content (AvgIpc) is 2.45. The minimum atomic E-state index is 0.671. The summed E-state index contributed by atoms with van der Waals surface area (Å²) in [5.41, 5.74) is 8.58. The summed E-state index contributed by atoms with van der Waals surface area (Å²) in [6, 6.07) is 13.7. The molecule has 3 aromatic rings. The molecule has 0 atom stereocenters. The highest BCUT2D eigenvalue weighted by Crippen LogP contribution is 2.17. The van der Waals surface area contributed by atoms with E-state index in [1.54, 1.807) is 12.3 Å². The first-order valence-electron chi connectivity index (χ1n) is 6.11. The third-order valence-electron chi connectivity index (χ3n) is 2.96. The summed E-state index contributed by atoms with van der Waals surface area (Å²) < 4.78 is 0. The molecule has 94 valence electrons. The van der Waals surface area contributed by atoms with Gasteiger partial charge in [0.25, 0.3) is 0 Å². The van der Waals surface area contributed by atoms with Gasteiger partial charge in [-0.3, -0.25) is 4.98 Å². The molecule has 4 nitrogen and oxygen atoms in total. The number of nitrogens with zero attached hydrogens (tertiary/aromatic N) is 2. The molecule has 0 aliphatic heterocycles. The van der Waals surface area contributed by atoms with Gasteiger partial charge < -0.3 is 11.1 Å². The number of para-hydroxylation sites is 1. The van der Waals surface area contributed by atoms with Crippen LogP contribution in [-0.4, -0.2) is 9.97 Å². The first-order valence-corrected chi connectivity index (χ1v) is 6.11. The summed E-state index contributed by atoms with van der Waals surface area (Å²) in [7, 11) is 0. The summed E-state index contributed by atoms with van der Waals surface area (Å²) >= 11 is 0. The van der Waals surface area contributed by atoms with Crippen LogP contribution in [0.25, 0.3) is 10.9 Å². The van der Waals surface area contributed by atoms with Gasteiger partial charge in [-0.15, -0.1) is 0 Å². The molecule has 0 spiro atoms. The lowest BCUT2D eigenvalue weighted by Crippen LogP contribution is -2.02. The van der Waals surface area contributed by atoms with E-state index in [2.05, 4.69) is 33.5 Å². The zero-order chi connectivity index (χ0) is 13.1. The molecule has 0 amide bonds. The third-order valence-corrected chi connectivity index (χ3v) is 2.96. The van der Waals surface area contributed by atoms with E-state index in [-0.39, 0.29) is 0 Å². The van der Waals surface area contributed by atoms with Crippen molar-refractivity contribution in [2.75, 3.05) is 11.1 Å². The number of aromatic nitrogens is 2. The van der Waals surface area contributed by atoms with Crippen molar-refractivity contribution in [2.45, 2.75) is 6.54 Å². The summed E-state index contributed by atoms with van der Waals surface area (Å²) in [5.74, 6) is 0.771. The fraction of sp³-hybridized carbons (Fsp3) is 0.0667. The van der Waals surface area contributed by atoms with Gasteiger partial charge in [0.2, 0.25) is 0 Å². The largest absolute Gasteiger partial charge is 0.399 e. The SMILES string of the molecule is Nc1ccnc(NCc2cccc3cccnc23)c1. The van der Waals surface area contributed by atoms with E-state index in [1.807, 2.05) is 24.4 Å². The third kappa shape index (κ3) is 2.47. The standard InChI is InChI=1S/C15H14N4/c16-13-6-8-17-14(9-13)19-10-12-4-1-3-11-5-2-7-18-15(11)12/h1-9H,10H2,(H3,16,17,19). The van der Waals surface area contributed by atoms with Crippen molar-refractivity contribution in [1.82, 2.24) is 9.97 Å². The molecule has 0 saturated heterocycles. The molecule has 19 heavy (non-hydrogen) atoms. The number of benzene rings is 1. The number of anilines is 2. The van der Waals surface area contributed by atoms with Gasteiger partial charge in [-0.25, -0.2) is 4.98 Å². The molecule has 0 unspecified atom stereocenters. The van der Waals surface area contributed by atoms with Crippen LogP contribution in [0.3, 0.4) is 0 Å². The number of fused-ring (bicyclic) bond motifs is 1. The van der Waals surface area contributed by atoms with Crippen LogP contribution in [0.2, 0.25) is 0 Å². The van der Waals surface area contributed by atoms with E-state index in [1.165, 1.54) is 0 Å². The molecule has 1 aromatic carbocycles. The molecule has 3 rings (SSSR count). The van der Waals surface area contributed by atoms with Gasteiger partial charge in [-0.1, -0.05) is 24.3 Å². The fourth-order valence-corrected chi connectivity index (χ4v) is 2.04. The molecule has 0 radical (unpaired) electrons. The van der Waals surface area contributed by atoms with Crippen molar-refractivity contribution in [3.05, 3.63) is 60.4 Å². The zero-order valence-electron chi connectivity index (χ0n) is 10.4. The Morgan fingerprint density at radius 3 is 2.79 bits per heavy atom. The molecule has 2 aromatic heterocycles. The van der Waals surface area contributed by atoms with Crippen LogP contribution in [0.4, 0.5) is 11.5 Å². The lowest BCUT2D eigenvalue weighted by atomic mass is 10.1. The highest BCUT2D eigenvalue weighted by molar-refractivity contribution is 5.81. The molecular weight excluding hydrogens is 236 g/mol. The van der Waals surface area contributed by atoms with Gasteiger partial charge >= 0.3 is 0 Å². The lowest BCUT2D eigenvalue weighted by Gasteiger charge is -2.08. The Morgan fingerprint density at radius 1 is 1.00 bits per heavy atom. The molecular formula is C15H14N4. The summed E-state index contributed by atoms with van der Waals surface area (Å²) in [6.07, 6.45) is 3.50. The average molecular weight is 250 g/mol. The molecule has 3 N–H and O–H groups in total. The van der Waals surface area contributed by atoms with Crippen molar-refractivity contribution in [3.8, 4) is 0 Å². The van der Waals surface area contributed by atoms with Gasteiger partial charge in [0, 0.05) is 36.1 Å². The highest BCUT2D eigenvalue weighted by atomic mass is 15.0.